The minimum absolute atomic E-state index is 0.0102. The molecule has 6 heteroatoms. The number of rotatable bonds is 3. The maximum Gasteiger partial charge on any atom is 0.210 e. The van der Waals surface area contributed by atoms with Crippen LogP contribution in [0.1, 0.15) is 27.2 Å². The van der Waals surface area contributed by atoms with Gasteiger partial charge in [-0.15, -0.1) is 0 Å². The van der Waals surface area contributed by atoms with Crippen LogP contribution in [0.4, 0.5) is 10.1 Å². The second-order valence-electron chi connectivity index (χ2n) is 4.70. The van der Waals surface area contributed by atoms with Crippen molar-refractivity contribution in [1.82, 2.24) is 4.90 Å². The van der Waals surface area contributed by atoms with Gasteiger partial charge in [0.1, 0.15) is 5.82 Å². The van der Waals surface area contributed by atoms with Crippen molar-refractivity contribution in [3.05, 3.63) is 29.0 Å². The molecule has 0 unspecified atom stereocenters. The highest BCUT2D eigenvalue weighted by molar-refractivity contribution is 6.30. The van der Waals surface area contributed by atoms with Gasteiger partial charge in [-0.25, -0.2) is 14.3 Å². The third-order valence-electron chi connectivity index (χ3n) is 2.89. The molecule has 0 saturated heterocycles. The van der Waals surface area contributed by atoms with E-state index in [4.69, 9.17) is 22.6 Å². The normalized spacial score (nSPS) is 12.1. The van der Waals surface area contributed by atoms with E-state index in [1.165, 1.54) is 23.1 Å². The summed E-state index contributed by atoms with van der Waals surface area (Å²) in [4.78, 5) is 5.34. The van der Waals surface area contributed by atoms with Crippen molar-refractivity contribution >= 4 is 23.2 Å². The molecule has 0 heterocycles. The molecule has 0 saturated carbocycles. The van der Waals surface area contributed by atoms with Gasteiger partial charge in [0.05, 0.1) is 11.2 Å². The average molecular weight is 283 g/mol. The van der Waals surface area contributed by atoms with Crippen LogP contribution in [0.3, 0.4) is 0 Å². The lowest BCUT2D eigenvalue weighted by Gasteiger charge is -2.32. The number of aliphatic imine (C=N–C) groups is 1. The molecule has 1 rings (SSSR count). The zero-order valence-corrected chi connectivity index (χ0v) is 11.9. The molecule has 0 fully saturated rings. The third kappa shape index (κ3) is 3.83. The Kier molecular flexibility index (Phi) is 4.73. The molecule has 19 heavy (non-hydrogen) atoms. The fraction of sp³-hybridized carbons (Fsp3) is 0.385. The van der Waals surface area contributed by atoms with E-state index in [2.05, 4.69) is 4.99 Å². The van der Waals surface area contributed by atoms with Crippen molar-refractivity contribution in [2.24, 2.45) is 10.7 Å². The molecule has 1 aromatic rings. The van der Waals surface area contributed by atoms with Gasteiger partial charge in [0.15, 0.2) is 6.19 Å². The second kappa shape index (κ2) is 5.89. The van der Waals surface area contributed by atoms with Gasteiger partial charge in [-0.1, -0.05) is 18.5 Å². The highest BCUT2D eigenvalue weighted by Crippen LogP contribution is 2.22. The van der Waals surface area contributed by atoms with Gasteiger partial charge in [0.25, 0.3) is 0 Å². The van der Waals surface area contributed by atoms with E-state index in [-0.39, 0.29) is 16.7 Å². The van der Waals surface area contributed by atoms with Crippen molar-refractivity contribution in [3.8, 4) is 6.19 Å². The SMILES string of the molecule is CCC(C)(C)N(C#N)C(N)=Nc1cc(F)cc(Cl)c1. The predicted octanol–water partition coefficient (Wildman–Crippen LogP) is 3.40. The van der Waals surface area contributed by atoms with Crippen molar-refractivity contribution < 1.29 is 4.39 Å². The van der Waals surface area contributed by atoms with Gasteiger partial charge in [0.2, 0.25) is 5.96 Å². The van der Waals surface area contributed by atoms with Gasteiger partial charge >= 0.3 is 0 Å². The van der Waals surface area contributed by atoms with E-state index < -0.39 is 11.4 Å². The molecular weight excluding hydrogens is 267 g/mol. The number of nitrogens with zero attached hydrogens (tertiary/aromatic N) is 3. The molecule has 0 atom stereocenters. The Morgan fingerprint density at radius 2 is 2.16 bits per heavy atom. The first-order valence-electron chi connectivity index (χ1n) is 5.80. The first kappa shape index (κ1) is 15.3. The fourth-order valence-corrected chi connectivity index (χ4v) is 1.66. The Hall–Kier alpha value is -1.80. The van der Waals surface area contributed by atoms with E-state index in [0.717, 1.165) is 0 Å². The maximum absolute atomic E-state index is 13.2. The molecule has 0 bridgehead atoms. The van der Waals surface area contributed by atoms with Crippen LogP contribution in [0.5, 0.6) is 0 Å². The van der Waals surface area contributed by atoms with E-state index >= 15 is 0 Å². The third-order valence-corrected chi connectivity index (χ3v) is 3.11. The zero-order chi connectivity index (χ0) is 14.6. The summed E-state index contributed by atoms with van der Waals surface area (Å²) in [5.74, 6) is -0.492. The Morgan fingerprint density at radius 3 is 2.63 bits per heavy atom. The van der Waals surface area contributed by atoms with E-state index in [1.807, 2.05) is 27.0 Å². The van der Waals surface area contributed by atoms with Crippen LogP contribution < -0.4 is 5.73 Å². The molecule has 1 aromatic carbocycles. The zero-order valence-electron chi connectivity index (χ0n) is 11.1. The molecule has 102 valence electrons. The number of hydrogen-bond acceptors (Lipinski definition) is 2. The summed E-state index contributed by atoms with van der Waals surface area (Å²) in [7, 11) is 0. The molecule has 0 spiro atoms. The molecular formula is C13H16ClFN4. The van der Waals surface area contributed by atoms with Crippen LogP contribution in [0, 0.1) is 17.3 Å². The predicted molar refractivity (Wildman–Crippen MR) is 74.5 cm³/mol. The molecule has 0 aromatic heterocycles. The van der Waals surface area contributed by atoms with Crippen LogP contribution >= 0.6 is 11.6 Å². The number of guanidine groups is 1. The number of nitrogens with two attached hydrogens (primary N) is 1. The van der Waals surface area contributed by atoms with Crippen LogP contribution in [-0.4, -0.2) is 16.4 Å². The number of halogens is 2. The number of nitriles is 1. The van der Waals surface area contributed by atoms with Gasteiger partial charge in [-0.3, -0.25) is 0 Å². The summed E-state index contributed by atoms with van der Waals surface area (Å²) < 4.78 is 13.2. The number of hydrogen-bond donors (Lipinski definition) is 1. The molecule has 0 aliphatic rings. The summed E-state index contributed by atoms with van der Waals surface area (Å²) in [6, 6.07) is 3.86. The Morgan fingerprint density at radius 1 is 1.53 bits per heavy atom. The average Bonchev–Trinajstić information content (AvgIpc) is 2.27. The molecule has 0 radical (unpaired) electrons. The second-order valence-corrected chi connectivity index (χ2v) is 5.14. The number of benzene rings is 1. The molecule has 2 N–H and O–H groups in total. The van der Waals surface area contributed by atoms with Crippen LogP contribution in [0.15, 0.2) is 23.2 Å². The quantitative estimate of drug-likeness (QED) is 0.400. The summed E-state index contributed by atoms with van der Waals surface area (Å²) in [6.45, 7) is 5.69. The van der Waals surface area contributed by atoms with E-state index in [0.29, 0.717) is 6.42 Å². The first-order chi connectivity index (χ1) is 8.80. The van der Waals surface area contributed by atoms with Gasteiger partial charge in [0, 0.05) is 5.02 Å². The smallest absolute Gasteiger partial charge is 0.210 e. The highest BCUT2D eigenvalue weighted by Gasteiger charge is 2.26. The lowest BCUT2D eigenvalue weighted by Crippen LogP contribution is -2.47. The van der Waals surface area contributed by atoms with E-state index in [1.54, 1.807) is 0 Å². The van der Waals surface area contributed by atoms with Gasteiger partial charge < -0.3 is 5.73 Å². The van der Waals surface area contributed by atoms with Crippen molar-refractivity contribution in [1.29, 1.82) is 5.26 Å². The maximum atomic E-state index is 13.2. The van der Waals surface area contributed by atoms with Crippen LogP contribution in [-0.2, 0) is 0 Å². The first-order valence-corrected chi connectivity index (χ1v) is 6.18. The summed E-state index contributed by atoms with van der Waals surface area (Å²) in [5, 5.41) is 9.39. The minimum atomic E-state index is -0.502. The Balaban J connectivity index is 3.13. The lowest BCUT2D eigenvalue weighted by atomic mass is 10.0. The summed E-state index contributed by atoms with van der Waals surface area (Å²) in [5.41, 5.74) is 5.62. The summed E-state index contributed by atoms with van der Waals surface area (Å²) in [6.07, 6.45) is 2.70. The Labute approximate surface area is 117 Å². The molecule has 4 nitrogen and oxygen atoms in total. The van der Waals surface area contributed by atoms with Crippen molar-refractivity contribution in [3.63, 3.8) is 0 Å². The lowest BCUT2D eigenvalue weighted by molar-refractivity contribution is 0.281. The van der Waals surface area contributed by atoms with Crippen LogP contribution in [0.25, 0.3) is 0 Å². The highest BCUT2D eigenvalue weighted by atomic mass is 35.5. The standard InChI is InChI=1S/C13H16ClFN4/c1-4-13(2,3)19(8-16)12(17)18-11-6-9(14)5-10(15)7-11/h5-7H,4H2,1-3H3,(H2,17,18). The van der Waals surface area contributed by atoms with Gasteiger partial charge in [-0.2, -0.15) is 5.26 Å². The topological polar surface area (TPSA) is 65.4 Å². The molecule has 0 aliphatic heterocycles. The molecule has 0 amide bonds. The van der Waals surface area contributed by atoms with Gasteiger partial charge in [-0.05, 0) is 38.5 Å². The summed E-state index contributed by atoms with van der Waals surface area (Å²) >= 11 is 5.74. The minimum Gasteiger partial charge on any atom is -0.369 e. The monoisotopic (exact) mass is 282 g/mol. The Bertz CT molecular complexity index is 514. The van der Waals surface area contributed by atoms with Crippen molar-refractivity contribution in [2.45, 2.75) is 32.7 Å². The fourth-order valence-electron chi connectivity index (χ4n) is 1.44. The van der Waals surface area contributed by atoms with Crippen LogP contribution in [0.2, 0.25) is 5.02 Å². The van der Waals surface area contributed by atoms with E-state index in [9.17, 15) is 4.39 Å². The largest absolute Gasteiger partial charge is 0.369 e. The van der Waals surface area contributed by atoms with Crippen molar-refractivity contribution in [2.75, 3.05) is 0 Å². The molecule has 0 aliphatic carbocycles.